The smallest absolute Gasteiger partial charge is 0.261 e. The molecule has 0 spiro atoms. The third-order valence-electron chi connectivity index (χ3n) is 4.09. The number of H-pyrrole nitrogens is 2. The van der Waals surface area contributed by atoms with Crippen LogP contribution in [0.25, 0.3) is 11.4 Å². The molecule has 112 valence electrons. The van der Waals surface area contributed by atoms with Crippen molar-refractivity contribution in [3.8, 4) is 11.4 Å². The van der Waals surface area contributed by atoms with Crippen LogP contribution in [0.5, 0.6) is 0 Å². The fourth-order valence-electron chi connectivity index (χ4n) is 3.00. The minimum atomic E-state index is 0.0434. The average Bonchev–Trinajstić information content (AvgIpc) is 2.92. The molecule has 0 saturated heterocycles. The van der Waals surface area contributed by atoms with Crippen molar-refractivity contribution in [1.82, 2.24) is 19.7 Å². The number of aromatic nitrogens is 4. The molecule has 0 saturated carbocycles. The number of fused-ring (bicyclic) bond motifs is 1. The number of nitrogens with zero attached hydrogens (tertiary/aromatic N) is 2. The SMILES string of the molecule is CCCCn1c2c(cc(-c3nc(=S)[nH][nH]3)c1=O)CCCC2. The number of hydrogen-bond acceptors (Lipinski definition) is 3. The summed E-state index contributed by atoms with van der Waals surface area (Å²) in [4.78, 5) is 17.0. The summed E-state index contributed by atoms with van der Waals surface area (Å²) in [5.74, 6) is 0.545. The molecule has 0 aromatic carbocycles. The predicted molar refractivity (Wildman–Crippen MR) is 85.0 cm³/mol. The van der Waals surface area contributed by atoms with Gasteiger partial charge in [-0.2, -0.15) is 4.98 Å². The van der Waals surface area contributed by atoms with Gasteiger partial charge >= 0.3 is 0 Å². The highest BCUT2D eigenvalue weighted by molar-refractivity contribution is 7.71. The van der Waals surface area contributed by atoms with Crippen molar-refractivity contribution in [3.05, 3.63) is 32.4 Å². The van der Waals surface area contributed by atoms with Crippen LogP contribution in [-0.4, -0.2) is 19.7 Å². The summed E-state index contributed by atoms with van der Waals surface area (Å²) in [6.07, 6.45) is 6.51. The molecule has 0 bridgehead atoms. The Balaban J connectivity index is 2.17. The number of pyridine rings is 1. The second-order valence-electron chi connectivity index (χ2n) is 5.56. The van der Waals surface area contributed by atoms with E-state index < -0.39 is 0 Å². The molecule has 0 fully saturated rings. The summed E-state index contributed by atoms with van der Waals surface area (Å²) in [5.41, 5.74) is 3.17. The Morgan fingerprint density at radius 3 is 2.86 bits per heavy atom. The van der Waals surface area contributed by atoms with Gasteiger partial charge in [0.25, 0.3) is 5.56 Å². The van der Waals surface area contributed by atoms with E-state index in [1.807, 2.05) is 10.6 Å². The molecule has 5 nitrogen and oxygen atoms in total. The van der Waals surface area contributed by atoms with Gasteiger partial charge in [-0.25, -0.2) is 0 Å². The van der Waals surface area contributed by atoms with Crippen molar-refractivity contribution in [2.45, 2.75) is 52.0 Å². The molecule has 2 N–H and O–H groups in total. The first-order valence-electron chi connectivity index (χ1n) is 7.61. The minimum absolute atomic E-state index is 0.0434. The standard InChI is InChI=1S/C15H20N4OS/c1-2-3-8-19-12-7-5-4-6-10(12)9-11(14(19)20)13-16-15(21)18-17-13/h9H,2-8H2,1H3,(H2,16,17,18,21). The molecule has 1 aliphatic carbocycles. The highest BCUT2D eigenvalue weighted by atomic mass is 32.1. The summed E-state index contributed by atoms with van der Waals surface area (Å²) in [6, 6.07) is 2.00. The lowest BCUT2D eigenvalue weighted by Crippen LogP contribution is -2.28. The van der Waals surface area contributed by atoms with E-state index in [-0.39, 0.29) is 5.56 Å². The summed E-state index contributed by atoms with van der Waals surface area (Å²) in [6.45, 7) is 2.93. The molecular formula is C15H20N4OS. The molecule has 6 heteroatoms. The lowest BCUT2D eigenvalue weighted by atomic mass is 9.94. The number of rotatable bonds is 4. The van der Waals surface area contributed by atoms with Crippen LogP contribution in [0.4, 0.5) is 0 Å². The number of unbranched alkanes of at least 4 members (excludes halogenated alkanes) is 1. The van der Waals surface area contributed by atoms with Crippen LogP contribution in [0.2, 0.25) is 0 Å². The molecule has 0 atom stereocenters. The zero-order valence-electron chi connectivity index (χ0n) is 12.2. The van der Waals surface area contributed by atoms with Gasteiger partial charge in [0.1, 0.15) is 0 Å². The molecule has 0 unspecified atom stereocenters. The van der Waals surface area contributed by atoms with E-state index in [0.29, 0.717) is 16.2 Å². The van der Waals surface area contributed by atoms with Gasteiger partial charge < -0.3 is 4.57 Å². The van der Waals surface area contributed by atoms with E-state index in [0.717, 1.165) is 32.2 Å². The third kappa shape index (κ3) is 2.72. The topological polar surface area (TPSA) is 66.5 Å². The zero-order chi connectivity index (χ0) is 14.8. The van der Waals surface area contributed by atoms with Crippen LogP contribution in [0.3, 0.4) is 0 Å². The monoisotopic (exact) mass is 304 g/mol. The number of hydrogen-bond donors (Lipinski definition) is 2. The molecule has 2 aromatic heterocycles. The van der Waals surface area contributed by atoms with Gasteiger partial charge in [0.2, 0.25) is 4.77 Å². The lowest BCUT2D eigenvalue weighted by molar-refractivity contribution is 0.549. The molecule has 0 radical (unpaired) electrons. The van der Waals surface area contributed by atoms with Crippen molar-refractivity contribution in [2.24, 2.45) is 0 Å². The summed E-state index contributed by atoms with van der Waals surface area (Å²) >= 11 is 4.99. The van der Waals surface area contributed by atoms with E-state index >= 15 is 0 Å². The van der Waals surface area contributed by atoms with E-state index in [4.69, 9.17) is 12.2 Å². The Hall–Kier alpha value is -1.69. The van der Waals surface area contributed by atoms with Crippen LogP contribution in [0.1, 0.15) is 43.9 Å². The van der Waals surface area contributed by atoms with Gasteiger partial charge in [0, 0.05) is 12.2 Å². The molecule has 0 amide bonds. The molecule has 2 heterocycles. The molecule has 2 aromatic rings. The van der Waals surface area contributed by atoms with Gasteiger partial charge in [-0.15, -0.1) is 0 Å². The first kappa shape index (κ1) is 14.3. The summed E-state index contributed by atoms with van der Waals surface area (Å²) < 4.78 is 2.33. The first-order chi connectivity index (χ1) is 10.2. The number of aromatic amines is 2. The van der Waals surface area contributed by atoms with Crippen molar-refractivity contribution < 1.29 is 0 Å². The third-order valence-corrected chi connectivity index (χ3v) is 4.29. The van der Waals surface area contributed by atoms with Crippen molar-refractivity contribution in [1.29, 1.82) is 0 Å². The number of aryl methyl sites for hydroxylation is 1. The molecular weight excluding hydrogens is 284 g/mol. The average molecular weight is 304 g/mol. The fraction of sp³-hybridized carbons (Fsp3) is 0.533. The maximum atomic E-state index is 12.8. The van der Waals surface area contributed by atoms with Gasteiger partial charge in [0.15, 0.2) is 5.82 Å². The predicted octanol–water partition coefficient (Wildman–Crippen LogP) is 2.97. The van der Waals surface area contributed by atoms with Crippen molar-refractivity contribution in [3.63, 3.8) is 0 Å². The lowest BCUT2D eigenvalue weighted by Gasteiger charge is -2.22. The Morgan fingerprint density at radius 2 is 2.14 bits per heavy atom. The van der Waals surface area contributed by atoms with Crippen LogP contribution >= 0.6 is 12.2 Å². The van der Waals surface area contributed by atoms with Gasteiger partial charge in [-0.3, -0.25) is 15.0 Å². The first-order valence-corrected chi connectivity index (χ1v) is 8.02. The Bertz CT molecular complexity index is 756. The van der Waals surface area contributed by atoms with Gasteiger partial charge in [-0.05, 0) is 56.0 Å². The highest BCUT2D eigenvalue weighted by Gasteiger charge is 2.19. The molecule has 0 aliphatic heterocycles. The maximum Gasteiger partial charge on any atom is 0.261 e. The second-order valence-corrected chi connectivity index (χ2v) is 5.95. The normalized spacial score (nSPS) is 14.1. The Kier molecular flexibility index (Phi) is 4.05. The van der Waals surface area contributed by atoms with Crippen molar-refractivity contribution in [2.75, 3.05) is 0 Å². The van der Waals surface area contributed by atoms with Crippen molar-refractivity contribution >= 4 is 12.2 Å². The van der Waals surface area contributed by atoms with E-state index in [9.17, 15) is 4.79 Å². The fourth-order valence-corrected chi connectivity index (χ4v) is 3.14. The molecule has 3 rings (SSSR count). The molecule has 1 aliphatic rings. The minimum Gasteiger partial charge on any atom is -0.312 e. The largest absolute Gasteiger partial charge is 0.312 e. The van der Waals surface area contributed by atoms with Crippen LogP contribution in [0.15, 0.2) is 10.9 Å². The van der Waals surface area contributed by atoms with E-state index in [1.54, 1.807) is 0 Å². The quantitative estimate of drug-likeness (QED) is 0.853. The van der Waals surface area contributed by atoms with Gasteiger partial charge in [-0.1, -0.05) is 13.3 Å². The van der Waals surface area contributed by atoms with E-state index in [2.05, 4.69) is 22.1 Å². The zero-order valence-corrected chi connectivity index (χ0v) is 13.1. The Morgan fingerprint density at radius 1 is 1.33 bits per heavy atom. The van der Waals surface area contributed by atoms with Crippen LogP contribution in [0, 0.1) is 4.77 Å². The van der Waals surface area contributed by atoms with E-state index in [1.165, 1.54) is 24.1 Å². The highest BCUT2D eigenvalue weighted by Crippen LogP contribution is 2.23. The number of nitrogens with one attached hydrogen (secondary N) is 2. The molecule has 21 heavy (non-hydrogen) atoms. The second kappa shape index (κ2) is 5.97. The summed E-state index contributed by atoms with van der Waals surface area (Å²) in [7, 11) is 0. The maximum absolute atomic E-state index is 12.8. The van der Waals surface area contributed by atoms with Gasteiger partial charge in [0.05, 0.1) is 5.56 Å². The Labute approximate surface area is 128 Å². The van der Waals surface area contributed by atoms with Crippen LogP contribution in [-0.2, 0) is 19.4 Å². The summed E-state index contributed by atoms with van der Waals surface area (Å²) in [5, 5.41) is 5.67. The van der Waals surface area contributed by atoms with Crippen LogP contribution < -0.4 is 5.56 Å².